The molecule has 1 amide bonds. The van der Waals surface area contributed by atoms with Crippen LogP contribution in [0.4, 0.5) is 0 Å². The van der Waals surface area contributed by atoms with Crippen LogP contribution in [-0.2, 0) is 4.79 Å². The van der Waals surface area contributed by atoms with Crippen molar-refractivity contribution in [2.24, 2.45) is 0 Å². The highest BCUT2D eigenvalue weighted by Crippen LogP contribution is 2.17. The van der Waals surface area contributed by atoms with Crippen molar-refractivity contribution in [3.8, 4) is 0 Å². The van der Waals surface area contributed by atoms with E-state index in [0.29, 0.717) is 16.6 Å². The second-order valence-electron chi connectivity index (χ2n) is 1.60. The number of thiocarbonyl (C=S) groups is 1. The first-order chi connectivity index (χ1) is 4.25. The minimum atomic E-state index is 0.0833. The van der Waals surface area contributed by atoms with Crippen LogP contribution in [0.2, 0.25) is 0 Å². The largest absolute Gasteiger partial charge is 0.297 e. The third kappa shape index (κ3) is 1.24. The SMILES string of the molecule is [CH2]CN1C(=O)CSC1=S. The van der Waals surface area contributed by atoms with Gasteiger partial charge in [-0.3, -0.25) is 9.69 Å². The van der Waals surface area contributed by atoms with Crippen molar-refractivity contribution in [3.05, 3.63) is 6.92 Å². The summed E-state index contributed by atoms with van der Waals surface area (Å²) in [5.41, 5.74) is 0. The first-order valence-corrected chi connectivity index (χ1v) is 3.91. The van der Waals surface area contributed by atoms with Gasteiger partial charge in [-0.25, -0.2) is 0 Å². The molecular weight excluding hydrogens is 154 g/mol. The zero-order valence-electron chi connectivity index (χ0n) is 4.79. The molecule has 0 aromatic carbocycles. The van der Waals surface area contributed by atoms with Crippen molar-refractivity contribution in [1.82, 2.24) is 4.90 Å². The Labute approximate surface area is 63.6 Å². The predicted octanol–water partition coefficient (Wildman–Crippen LogP) is 0.681. The maximum Gasteiger partial charge on any atom is 0.238 e. The fourth-order valence-corrected chi connectivity index (χ4v) is 1.72. The average Bonchev–Trinajstić information content (AvgIpc) is 2.12. The summed E-state index contributed by atoms with van der Waals surface area (Å²) in [5, 5.41) is 0. The maximum atomic E-state index is 10.8. The van der Waals surface area contributed by atoms with Gasteiger partial charge in [-0.1, -0.05) is 24.0 Å². The van der Waals surface area contributed by atoms with E-state index in [0.717, 1.165) is 0 Å². The van der Waals surface area contributed by atoms with E-state index in [1.807, 2.05) is 0 Å². The Hall–Kier alpha value is -0.0900. The topological polar surface area (TPSA) is 20.3 Å². The van der Waals surface area contributed by atoms with E-state index < -0.39 is 0 Å². The van der Waals surface area contributed by atoms with Crippen LogP contribution in [0.5, 0.6) is 0 Å². The zero-order valence-corrected chi connectivity index (χ0v) is 6.43. The van der Waals surface area contributed by atoms with Crippen LogP contribution < -0.4 is 0 Å². The molecule has 1 saturated heterocycles. The number of thioether (sulfide) groups is 1. The molecule has 1 aliphatic rings. The molecule has 2 nitrogen and oxygen atoms in total. The van der Waals surface area contributed by atoms with E-state index in [4.69, 9.17) is 12.2 Å². The summed E-state index contributed by atoms with van der Waals surface area (Å²) in [6.07, 6.45) is 0. The Morgan fingerprint density at radius 3 is 2.78 bits per heavy atom. The van der Waals surface area contributed by atoms with Crippen LogP contribution in [0.15, 0.2) is 0 Å². The third-order valence-corrected chi connectivity index (χ3v) is 2.50. The molecule has 1 rings (SSSR count). The first-order valence-electron chi connectivity index (χ1n) is 2.52. The fourth-order valence-electron chi connectivity index (χ4n) is 0.597. The number of carbonyl (C=O) groups is 1. The van der Waals surface area contributed by atoms with Gasteiger partial charge in [0.25, 0.3) is 0 Å². The van der Waals surface area contributed by atoms with E-state index in [9.17, 15) is 4.79 Å². The summed E-state index contributed by atoms with van der Waals surface area (Å²) in [5.74, 6) is 0.578. The van der Waals surface area contributed by atoms with Crippen molar-refractivity contribution in [2.75, 3.05) is 12.3 Å². The molecule has 1 heterocycles. The molecule has 9 heavy (non-hydrogen) atoms. The van der Waals surface area contributed by atoms with Crippen molar-refractivity contribution in [3.63, 3.8) is 0 Å². The van der Waals surface area contributed by atoms with Crippen molar-refractivity contribution in [2.45, 2.75) is 0 Å². The van der Waals surface area contributed by atoms with Gasteiger partial charge in [-0.2, -0.15) is 0 Å². The summed E-state index contributed by atoms with van der Waals surface area (Å²) < 4.78 is 0.662. The van der Waals surface area contributed by atoms with E-state index in [2.05, 4.69) is 6.92 Å². The Kier molecular flexibility index (Phi) is 2.08. The van der Waals surface area contributed by atoms with Gasteiger partial charge < -0.3 is 0 Å². The molecular formula is C5H6NOS2. The van der Waals surface area contributed by atoms with Gasteiger partial charge in [-0.15, -0.1) is 0 Å². The number of carbonyl (C=O) groups excluding carboxylic acids is 1. The lowest BCUT2D eigenvalue weighted by atomic mass is 10.6. The van der Waals surface area contributed by atoms with Crippen LogP contribution in [0, 0.1) is 6.92 Å². The molecule has 0 aromatic heterocycles. The van der Waals surface area contributed by atoms with Gasteiger partial charge in [0.15, 0.2) is 0 Å². The highest BCUT2D eigenvalue weighted by atomic mass is 32.2. The quantitative estimate of drug-likeness (QED) is 0.526. The van der Waals surface area contributed by atoms with Crippen LogP contribution in [-0.4, -0.2) is 27.4 Å². The summed E-state index contributed by atoms with van der Waals surface area (Å²) in [7, 11) is 0. The molecule has 0 spiro atoms. The predicted molar refractivity (Wildman–Crippen MR) is 42.1 cm³/mol. The van der Waals surface area contributed by atoms with Crippen molar-refractivity contribution >= 4 is 34.2 Å². The summed E-state index contributed by atoms with van der Waals surface area (Å²) in [6, 6.07) is 0. The summed E-state index contributed by atoms with van der Waals surface area (Å²) in [6.45, 7) is 4.04. The van der Waals surface area contributed by atoms with E-state index in [-0.39, 0.29) is 5.91 Å². The number of hydrogen-bond donors (Lipinski definition) is 0. The van der Waals surface area contributed by atoms with Crippen LogP contribution >= 0.6 is 24.0 Å². The number of nitrogens with zero attached hydrogens (tertiary/aromatic N) is 1. The molecule has 0 aromatic rings. The van der Waals surface area contributed by atoms with Gasteiger partial charge >= 0.3 is 0 Å². The van der Waals surface area contributed by atoms with Crippen LogP contribution in [0.3, 0.4) is 0 Å². The van der Waals surface area contributed by atoms with Gasteiger partial charge in [0.05, 0.1) is 5.75 Å². The molecule has 0 aliphatic carbocycles. The Balaban J connectivity index is 2.66. The lowest BCUT2D eigenvalue weighted by molar-refractivity contribution is -0.123. The molecule has 4 heteroatoms. The summed E-state index contributed by atoms with van der Waals surface area (Å²) >= 11 is 6.25. The van der Waals surface area contributed by atoms with Gasteiger partial charge in [0, 0.05) is 6.54 Å². The normalized spacial score (nSPS) is 19.4. The van der Waals surface area contributed by atoms with Crippen LogP contribution in [0.25, 0.3) is 0 Å². The lowest BCUT2D eigenvalue weighted by Gasteiger charge is -2.09. The Bertz CT molecular complexity index is 141. The molecule has 1 radical (unpaired) electrons. The molecule has 0 unspecified atom stereocenters. The van der Waals surface area contributed by atoms with Crippen molar-refractivity contribution in [1.29, 1.82) is 0 Å². The van der Waals surface area contributed by atoms with Crippen molar-refractivity contribution < 1.29 is 4.79 Å². The van der Waals surface area contributed by atoms with Crippen LogP contribution in [0.1, 0.15) is 0 Å². The molecule has 0 atom stereocenters. The maximum absolute atomic E-state index is 10.8. The van der Waals surface area contributed by atoms with Gasteiger partial charge in [0.1, 0.15) is 4.32 Å². The Morgan fingerprint density at radius 1 is 1.89 bits per heavy atom. The van der Waals surface area contributed by atoms with E-state index in [1.54, 1.807) is 0 Å². The number of amides is 1. The molecule has 1 fully saturated rings. The summed E-state index contributed by atoms with van der Waals surface area (Å²) in [4.78, 5) is 12.3. The standard InChI is InChI=1S/C5H6NOS2/c1-2-6-4(7)3-9-5(6)8/h1-3H2. The molecule has 0 bridgehead atoms. The zero-order chi connectivity index (χ0) is 6.85. The number of rotatable bonds is 1. The third-order valence-electron chi connectivity index (χ3n) is 1.06. The molecule has 0 saturated carbocycles. The second-order valence-corrected chi connectivity index (χ2v) is 3.21. The molecule has 1 aliphatic heterocycles. The monoisotopic (exact) mass is 160 g/mol. The highest BCUT2D eigenvalue weighted by Gasteiger charge is 2.24. The van der Waals surface area contributed by atoms with E-state index in [1.165, 1.54) is 16.7 Å². The lowest BCUT2D eigenvalue weighted by Crippen LogP contribution is -2.27. The molecule has 0 N–H and O–H groups in total. The smallest absolute Gasteiger partial charge is 0.238 e. The highest BCUT2D eigenvalue weighted by molar-refractivity contribution is 8.23. The van der Waals surface area contributed by atoms with E-state index >= 15 is 0 Å². The minimum Gasteiger partial charge on any atom is -0.297 e. The molecule has 49 valence electrons. The number of hydrogen-bond acceptors (Lipinski definition) is 3. The van der Waals surface area contributed by atoms with Gasteiger partial charge in [0.2, 0.25) is 5.91 Å². The second kappa shape index (κ2) is 2.66. The average molecular weight is 160 g/mol. The first kappa shape index (κ1) is 7.02. The minimum absolute atomic E-state index is 0.0833. The van der Waals surface area contributed by atoms with Gasteiger partial charge in [-0.05, 0) is 6.92 Å². The Morgan fingerprint density at radius 2 is 2.56 bits per heavy atom. The fraction of sp³-hybridized carbons (Fsp3) is 0.400.